The Morgan fingerprint density at radius 1 is 1.08 bits per heavy atom. The second-order valence-electron chi connectivity index (χ2n) is 7.35. The van der Waals surface area contributed by atoms with Gasteiger partial charge in [0.2, 0.25) is 0 Å². The predicted molar refractivity (Wildman–Crippen MR) is 111 cm³/mol. The average Bonchev–Trinajstić information content (AvgIpc) is 2.56. The molecule has 0 radical (unpaired) electrons. The smallest absolute Gasteiger partial charge is 0.357 e. The first-order chi connectivity index (χ1) is 12.0. The summed E-state index contributed by atoms with van der Waals surface area (Å²) >= 11 is 0. The van der Waals surface area contributed by atoms with Gasteiger partial charge in [0.1, 0.15) is 0 Å². The van der Waals surface area contributed by atoms with Crippen LogP contribution in [0.2, 0.25) is 0 Å². The van der Waals surface area contributed by atoms with Crippen LogP contribution in [-0.4, -0.2) is 55.8 Å². The lowest BCUT2D eigenvalue weighted by atomic mass is 9.88. The summed E-state index contributed by atoms with van der Waals surface area (Å²) in [6.07, 6.45) is 3.92. The summed E-state index contributed by atoms with van der Waals surface area (Å²) in [4.78, 5) is 6.62. The number of nitrogens with one attached hydrogen (secondary N) is 2. The van der Waals surface area contributed by atoms with Gasteiger partial charge in [0.05, 0.1) is 13.0 Å². The van der Waals surface area contributed by atoms with Crippen molar-refractivity contribution in [3.8, 4) is 0 Å². The third-order valence-electron chi connectivity index (χ3n) is 5.18. The summed E-state index contributed by atoms with van der Waals surface area (Å²) in [6.45, 7) is 5.70. The summed E-state index contributed by atoms with van der Waals surface area (Å²) in [7, 11) is 0. The molecule has 0 bridgehead atoms. The van der Waals surface area contributed by atoms with Crippen LogP contribution in [0.1, 0.15) is 58.3 Å². The molecule has 8 heteroatoms. The van der Waals surface area contributed by atoms with Gasteiger partial charge in [-0.1, -0.05) is 19.3 Å². The molecule has 26 heavy (non-hydrogen) atoms. The van der Waals surface area contributed by atoms with Crippen LogP contribution in [0.3, 0.4) is 0 Å². The van der Waals surface area contributed by atoms with Crippen LogP contribution in [0.5, 0.6) is 0 Å². The third-order valence-corrected chi connectivity index (χ3v) is 5.18. The van der Waals surface area contributed by atoms with Crippen LogP contribution in [0.25, 0.3) is 0 Å². The van der Waals surface area contributed by atoms with Gasteiger partial charge in [0, 0.05) is 32.2 Å². The molecule has 0 unspecified atom stereocenters. The van der Waals surface area contributed by atoms with Gasteiger partial charge in [-0.25, -0.2) is 0 Å². The van der Waals surface area contributed by atoms with Crippen molar-refractivity contribution in [1.82, 2.24) is 15.5 Å². The molecule has 2 fully saturated rings. The topological polar surface area (TPSA) is 39.7 Å². The first-order valence-electron chi connectivity index (χ1n) is 9.80. The lowest BCUT2D eigenvalue weighted by molar-refractivity contribution is -0.132. The standard InChI is InChI=1S/C18H33F3N4.HI/c1-2-22-17(23-11-10-18(19,20)21)24-16-8-12-25(13-9-16)14-15-6-4-3-5-7-15;/h15-16H,2-14H2,1H3,(H2,22,23,24);1H. The zero-order chi connectivity index (χ0) is 18.1. The van der Waals surface area contributed by atoms with Crippen molar-refractivity contribution >= 4 is 29.9 Å². The predicted octanol–water partition coefficient (Wildman–Crippen LogP) is 4.16. The average molecular weight is 490 g/mol. The fourth-order valence-corrected chi connectivity index (χ4v) is 3.80. The Labute approximate surface area is 172 Å². The van der Waals surface area contributed by atoms with E-state index in [0.717, 1.165) is 31.8 Å². The molecule has 4 nitrogen and oxygen atoms in total. The number of hydrogen-bond donors (Lipinski definition) is 2. The Morgan fingerprint density at radius 3 is 2.31 bits per heavy atom. The number of aliphatic imine (C=N–C) groups is 1. The maximum absolute atomic E-state index is 12.3. The number of guanidine groups is 1. The molecular formula is C18H34F3IN4. The zero-order valence-corrected chi connectivity index (χ0v) is 18.1. The summed E-state index contributed by atoms with van der Waals surface area (Å²) in [6, 6.07) is 0.297. The van der Waals surface area contributed by atoms with Gasteiger partial charge < -0.3 is 15.5 Å². The Bertz CT molecular complexity index is 404. The molecule has 1 aliphatic carbocycles. The van der Waals surface area contributed by atoms with Gasteiger partial charge in [-0.3, -0.25) is 4.99 Å². The molecule has 0 atom stereocenters. The largest absolute Gasteiger partial charge is 0.390 e. The highest BCUT2D eigenvalue weighted by molar-refractivity contribution is 14.0. The van der Waals surface area contributed by atoms with E-state index >= 15 is 0 Å². The number of nitrogens with zero attached hydrogens (tertiary/aromatic N) is 2. The van der Waals surface area contributed by atoms with Crippen molar-refractivity contribution in [1.29, 1.82) is 0 Å². The van der Waals surface area contributed by atoms with E-state index in [4.69, 9.17) is 0 Å². The van der Waals surface area contributed by atoms with Crippen molar-refractivity contribution in [2.75, 3.05) is 32.7 Å². The number of hydrogen-bond acceptors (Lipinski definition) is 2. The van der Waals surface area contributed by atoms with Crippen molar-refractivity contribution < 1.29 is 13.2 Å². The zero-order valence-electron chi connectivity index (χ0n) is 15.8. The highest BCUT2D eigenvalue weighted by Gasteiger charge is 2.26. The van der Waals surface area contributed by atoms with Crippen LogP contribution in [0.4, 0.5) is 13.2 Å². The van der Waals surface area contributed by atoms with Crippen LogP contribution in [-0.2, 0) is 0 Å². The lowest BCUT2D eigenvalue weighted by Crippen LogP contribution is -2.49. The molecule has 0 aromatic rings. The number of alkyl halides is 3. The van der Waals surface area contributed by atoms with Crippen molar-refractivity contribution in [2.45, 2.75) is 70.5 Å². The molecule has 2 N–H and O–H groups in total. The summed E-state index contributed by atoms with van der Waals surface area (Å²) < 4.78 is 36.8. The molecule has 0 aromatic carbocycles. The van der Waals surface area contributed by atoms with E-state index in [1.165, 1.54) is 38.6 Å². The molecule has 2 aliphatic rings. The Hall–Kier alpha value is -0.250. The second-order valence-corrected chi connectivity index (χ2v) is 7.35. The monoisotopic (exact) mass is 490 g/mol. The van der Waals surface area contributed by atoms with Crippen LogP contribution < -0.4 is 10.6 Å². The highest BCUT2D eigenvalue weighted by Crippen LogP contribution is 2.25. The van der Waals surface area contributed by atoms with Gasteiger partial charge >= 0.3 is 6.18 Å². The Balaban J connectivity index is 0.00000338. The van der Waals surface area contributed by atoms with Gasteiger partial charge in [0.15, 0.2) is 5.96 Å². The van der Waals surface area contributed by atoms with E-state index in [1.54, 1.807) is 0 Å². The minimum Gasteiger partial charge on any atom is -0.357 e. The normalized spacial score (nSPS) is 21.3. The Morgan fingerprint density at radius 2 is 1.73 bits per heavy atom. The summed E-state index contributed by atoms with van der Waals surface area (Å²) in [5.41, 5.74) is 0. The fraction of sp³-hybridized carbons (Fsp3) is 0.944. The minimum absolute atomic E-state index is 0. The Kier molecular flexibility index (Phi) is 11.2. The second kappa shape index (κ2) is 12.3. The molecule has 0 aromatic heterocycles. The lowest BCUT2D eigenvalue weighted by Gasteiger charge is -2.36. The van der Waals surface area contributed by atoms with E-state index in [9.17, 15) is 13.2 Å². The molecule has 1 saturated carbocycles. The molecule has 1 heterocycles. The van der Waals surface area contributed by atoms with Crippen LogP contribution in [0, 0.1) is 5.92 Å². The van der Waals surface area contributed by atoms with E-state index in [2.05, 4.69) is 20.5 Å². The summed E-state index contributed by atoms with van der Waals surface area (Å²) in [5.74, 6) is 1.37. The van der Waals surface area contributed by atoms with Gasteiger partial charge in [-0.2, -0.15) is 13.2 Å². The van der Waals surface area contributed by atoms with E-state index in [1.807, 2.05) is 6.92 Å². The number of likely N-dealkylation sites (tertiary alicyclic amines) is 1. The molecule has 1 saturated heterocycles. The molecule has 0 spiro atoms. The van der Waals surface area contributed by atoms with Crippen LogP contribution >= 0.6 is 24.0 Å². The summed E-state index contributed by atoms with van der Waals surface area (Å²) in [5, 5.41) is 6.36. The van der Waals surface area contributed by atoms with Crippen molar-refractivity contribution in [2.24, 2.45) is 10.9 Å². The van der Waals surface area contributed by atoms with Crippen molar-refractivity contribution in [3.63, 3.8) is 0 Å². The van der Waals surface area contributed by atoms with Gasteiger partial charge in [0.25, 0.3) is 0 Å². The number of rotatable bonds is 6. The highest BCUT2D eigenvalue weighted by atomic mass is 127. The number of piperidine rings is 1. The maximum atomic E-state index is 12.3. The van der Waals surface area contributed by atoms with Gasteiger partial charge in [-0.05, 0) is 38.5 Å². The van der Waals surface area contributed by atoms with Crippen LogP contribution in [0.15, 0.2) is 4.99 Å². The molecule has 0 amide bonds. The van der Waals surface area contributed by atoms with Gasteiger partial charge in [-0.15, -0.1) is 24.0 Å². The quantitative estimate of drug-likeness (QED) is 0.334. The fourth-order valence-electron chi connectivity index (χ4n) is 3.80. The first-order valence-corrected chi connectivity index (χ1v) is 9.80. The minimum atomic E-state index is -4.15. The molecule has 154 valence electrons. The maximum Gasteiger partial charge on any atom is 0.390 e. The third kappa shape index (κ3) is 9.62. The molecule has 1 aliphatic heterocycles. The van der Waals surface area contributed by atoms with E-state index < -0.39 is 12.6 Å². The number of halogens is 4. The molecule has 2 rings (SSSR count). The SMILES string of the molecule is CCNC(=NCCC(F)(F)F)NC1CCN(CC2CCCCC2)CC1.I. The first kappa shape index (κ1) is 23.8. The molecular weight excluding hydrogens is 456 g/mol. The van der Waals surface area contributed by atoms with E-state index in [0.29, 0.717) is 18.5 Å². The van der Waals surface area contributed by atoms with Crippen molar-refractivity contribution in [3.05, 3.63) is 0 Å². The van der Waals surface area contributed by atoms with E-state index in [-0.39, 0.29) is 30.5 Å².